The summed E-state index contributed by atoms with van der Waals surface area (Å²) in [6.07, 6.45) is 2.35. The van der Waals surface area contributed by atoms with E-state index in [1.807, 2.05) is 30.3 Å². The summed E-state index contributed by atoms with van der Waals surface area (Å²) in [5.41, 5.74) is 6.88. The number of piperidine rings is 1. The molecule has 1 aromatic rings. The number of nitrogens with two attached hydrogens (primary N) is 1. The molecule has 2 rings (SSSR count). The van der Waals surface area contributed by atoms with E-state index in [1.54, 1.807) is 4.31 Å². The number of nitrogens with zero attached hydrogens (tertiary/aromatic N) is 1. The molecule has 6 heteroatoms. The van der Waals surface area contributed by atoms with E-state index in [1.165, 1.54) is 0 Å². The number of aryl methyl sites for hydroxylation is 1. The number of hydrogen-bond donors (Lipinski definition) is 1. The average molecular weight is 305 g/mol. The zero-order valence-electron chi connectivity index (χ0n) is 10.9. The van der Waals surface area contributed by atoms with Gasteiger partial charge in [-0.15, -0.1) is 12.4 Å². The molecule has 1 aliphatic rings. The van der Waals surface area contributed by atoms with Crippen LogP contribution in [0.1, 0.15) is 18.4 Å². The third-order valence-corrected chi connectivity index (χ3v) is 5.14. The molecule has 19 heavy (non-hydrogen) atoms. The monoisotopic (exact) mass is 304 g/mol. The van der Waals surface area contributed by atoms with Crippen LogP contribution in [0.2, 0.25) is 0 Å². The van der Waals surface area contributed by atoms with E-state index >= 15 is 0 Å². The highest BCUT2D eigenvalue weighted by atomic mass is 35.5. The van der Waals surface area contributed by atoms with E-state index in [0.717, 1.165) is 18.4 Å². The van der Waals surface area contributed by atoms with Gasteiger partial charge in [0.2, 0.25) is 10.0 Å². The molecule has 1 heterocycles. The lowest BCUT2D eigenvalue weighted by atomic mass is 10.1. The first-order valence-electron chi connectivity index (χ1n) is 6.35. The van der Waals surface area contributed by atoms with E-state index in [9.17, 15) is 8.42 Å². The molecule has 1 saturated heterocycles. The second-order valence-corrected chi connectivity index (χ2v) is 6.90. The summed E-state index contributed by atoms with van der Waals surface area (Å²) >= 11 is 0. The van der Waals surface area contributed by atoms with Crippen molar-refractivity contribution in [1.29, 1.82) is 0 Å². The first-order valence-corrected chi connectivity index (χ1v) is 7.96. The van der Waals surface area contributed by atoms with E-state index in [0.29, 0.717) is 19.5 Å². The van der Waals surface area contributed by atoms with Crippen LogP contribution in [0.15, 0.2) is 30.3 Å². The lowest BCUT2D eigenvalue weighted by Gasteiger charge is -2.29. The van der Waals surface area contributed by atoms with Crippen LogP contribution in [0, 0.1) is 0 Å². The third-order valence-electron chi connectivity index (χ3n) is 3.31. The zero-order chi connectivity index (χ0) is 13.0. The highest BCUT2D eigenvalue weighted by Crippen LogP contribution is 2.14. The van der Waals surface area contributed by atoms with Crippen molar-refractivity contribution >= 4 is 22.4 Å². The van der Waals surface area contributed by atoms with Crippen LogP contribution in [0.25, 0.3) is 0 Å². The van der Waals surface area contributed by atoms with Crippen LogP contribution in [0.5, 0.6) is 0 Å². The minimum absolute atomic E-state index is 0. The van der Waals surface area contributed by atoms with Gasteiger partial charge < -0.3 is 5.73 Å². The predicted octanol–water partition coefficient (Wildman–Crippen LogP) is 1.40. The molecule has 0 radical (unpaired) electrons. The molecule has 1 aliphatic heterocycles. The molecule has 0 unspecified atom stereocenters. The summed E-state index contributed by atoms with van der Waals surface area (Å²) in [6.45, 7) is 1.09. The van der Waals surface area contributed by atoms with E-state index in [2.05, 4.69) is 0 Å². The molecule has 4 nitrogen and oxygen atoms in total. The molecule has 1 atom stereocenters. The lowest BCUT2D eigenvalue weighted by molar-refractivity contribution is 0.316. The molecule has 108 valence electrons. The summed E-state index contributed by atoms with van der Waals surface area (Å²) in [5, 5.41) is 0. The molecule has 0 amide bonds. The number of hydrogen-bond acceptors (Lipinski definition) is 3. The van der Waals surface area contributed by atoms with Crippen LogP contribution < -0.4 is 5.73 Å². The van der Waals surface area contributed by atoms with Gasteiger partial charge in [-0.25, -0.2) is 12.7 Å². The smallest absolute Gasteiger partial charge is 0.214 e. The fourth-order valence-electron chi connectivity index (χ4n) is 2.25. The van der Waals surface area contributed by atoms with Crippen molar-refractivity contribution in [2.75, 3.05) is 18.8 Å². The Hall–Kier alpha value is -0.620. The minimum Gasteiger partial charge on any atom is -0.327 e. The van der Waals surface area contributed by atoms with E-state index in [-0.39, 0.29) is 24.2 Å². The number of rotatable bonds is 4. The summed E-state index contributed by atoms with van der Waals surface area (Å²) in [4.78, 5) is 0. The second-order valence-electron chi connectivity index (χ2n) is 4.81. The highest BCUT2D eigenvalue weighted by Gasteiger charge is 2.26. The van der Waals surface area contributed by atoms with Gasteiger partial charge in [0, 0.05) is 19.1 Å². The van der Waals surface area contributed by atoms with E-state index in [4.69, 9.17) is 5.73 Å². The normalized spacial score (nSPS) is 20.8. The molecule has 2 N–H and O–H groups in total. The summed E-state index contributed by atoms with van der Waals surface area (Å²) in [5.74, 6) is 0.170. The van der Waals surface area contributed by atoms with Gasteiger partial charge in [0.05, 0.1) is 5.75 Å². The molecular formula is C13H21ClN2O2S. The molecule has 0 aromatic heterocycles. The van der Waals surface area contributed by atoms with Gasteiger partial charge in [-0.3, -0.25) is 0 Å². The van der Waals surface area contributed by atoms with Crippen LogP contribution in [-0.4, -0.2) is 37.6 Å². The maximum absolute atomic E-state index is 12.2. The standard InChI is InChI=1S/C13H20N2O2S.ClH/c14-13-7-4-9-15(11-13)18(16,17)10-8-12-5-2-1-3-6-12;/h1-3,5-6,13H,4,7-11,14H2;1H/t13-;/m0./s1. The van der Waals surface area contributed by atoms with Gasteiger partial charge in [-0.05, 0) is 24.8 Å². The molecule has 1 aromatic carbocycles. The Labute approximate surface area is 121 Å². The Kier molecular flexibility index (Phi) is 6.26. The summed E-state index contributed by atoms with van der Waals surface area (Å²) in [7, 11) is -3.16. The number of benzene rings is 1. The largest absolute Gasteiger partial charge is 0.327 e. The first-order chi connectivity index (χ1) is 8.58. The van der Waals surface area contributed by atoms with Crippen LogP contribution in [-0.2, 0) is 16.4 Å². The van der Waals surface area contributed by atoms with Gasteiger partial charge in [-0.1, -0.05) is 30.3 Å². The SMILES string of the molecule is Cl.N[C@H]1CCCN(S(=O)(=O)CCc2ccccc2)C1. The number of sulfonamides is 1. The Bertz CT molecular complexity index is 479. The molecule has 0 saturated carbocycles. The van der Waals surface area contributed by atoms with Gasteiger partial charge in [0.25, 0.3) is 0 Å². The molecular weight excluding hydrogens is 284 g/mol. The Morgan fingerprint density at radius 1 is 1.26 bits per heavy atom. The van der Waals surface area contributed by atoms with Crippen molar-refractivity contribution < 1.29 is 8.42 Å². The minimum atomic E-state index is -3.16. The second kappa shape index (κ2) is 7.24. The quantitative estimate of drug-likeness (QED) is 0.914. The fourth-order valence-corrected chi connectivity index (χ4v) is 3.82. The lowest BCUT2D eigenvalue weighted by Crippen LogP contribution is -2.46. The van der Waals surface area contributed by atoms with Crippen molar-refractivity contribution in [3.8, 4) is 0 Å². The van der Waals surface area contributed by atoms with Gasteiger partial charge in [0.1, 0.15) is 0 Å². The van der Waals surface area contributed by atoms with Gasteiger partial charge >= 0.3 is 0 Å². The van der Waals surface area contributed by atoms with Crippen LogP contribution in [0.3, 0.4) is 0 Å². The molecule has 0 spiro atoms. The van der Waals surface area contributed by atoms with E-state index < -0.39 is 10.0 Å². The Morgan fingerprint density at radius 2 is 1.95 bits per heavy atom. The Balaban J connectivity index is 0.00000180. The van der Waals surface area contributed by atoms with Crippen molar-refractivity contribution in [2.24, 2.45) is 5.73 Å². The summed E-state index contributed by atoms with van der Waals surface area (Å²) < 4.78 is 25.9. The highest BCUT2D eigenvalue weighted by molar-refractivity contribution is 7.89. The maximum atomic E-state index is 12.2. The maximum Gasteiger partial charge on any atom is 0.214 e. The molecule has 0 aliphatic carbocycles. The third kappa shape index (κ3) is 4.76. The van der Waals surface area contributed by atoms with Crippen molar-refractivity contribution in [3.05, 3.63) is 35.9 Å². The predicted molar refractivity (Wildman–Crippen MR) is 80.0 cm³/mol. The van der Waals surface area contributed by atoms with Crippen molar-refractivity contribution in [3.63, 3.8) is 0 Å². The first kappa shape index (κ1) is 16.4. The van der Waals surface area contributed by atoms with Crippen LogP contribution in [0.4, 0.5) is 0 Å². The molecule has 0 bridgehead atoms. The van der Waals surface area contributed by atoms with Crippen molar-refractivity contribution in [1.82, 2.24) is 4.31 Å². The Morgan fingerprint density at radius 3 is 2.58 bits per heavy atom. The average Bonchev–Trinajstić information content (AvgIpc) is 2.38. The topological polar surface area (TPSA) is 63.4 Å². The molecule has 1 fully saturated rings. The zero-order valence-corrected chi connectivity index (χ0v) is 12.5. The fraction of sp³-hybridized carbons (Fsp3) is 0.538. The van der Waals surface area contributed by atoms with Gasteiger partial charge in [0.15, 0.2) is 0 Å². The number of halogens is 1. The summed E-state index contributed by atoms with van der Waals surface area (Å²) in [6, 6.07) is 9.69. The van der Waals surface area contributed by atoms with Crippen molar-refractivity contribution in [2.45, 2.75) is 25.3 Å². The van der Waals surface area contributed by atoms with Gasteiger partial charge in [-0.2, -0.15) is 0 Å². The van der Waals surface area contributed by atoms with Crippen LogP contribution >= 0.6 is 12.4 Å².